The molecule has 8 nitrogen and oxygen atoms in total. The van der Waals surface area contributed by atoms with E-state index in [-0.39, 0.29) is 18.9 Å². The lowest BCUT2D eigenvalue weighted by Crippen LogP contribution is -2.36. The lowest BCUT2D eigenvalue weighted by Gasteiger charge is -2.21. The van der Waals surface area contributed by atoms with E-state index in [1.807, 2.05) is 4.72 Å². The Kier molecular flexibility index (Phi) is 7.26. The van der Waals surface area contributed by atoms with Crippen LogP contribution in [-0.2, 0) is 32.3 Å². The van der Waals surface area contributed by atoms with Gasteiger partial charge in [-0.25, -0.2) is 13.1 Å². The van der Waals surface area contributed by atoms with Crippen LogP contribution in [0.15, 0.2) is 45.9 Å². The highest BCUT2D eigenvalue weighted by molar-refractivity contribution is 7.89. The molecule has 0 aliphatic carbocycles. The molecule has 0 saturated carbocycles. The molecule has 1 N–H and O–H groups in total. The van der Waals surface area contributed by atoms with Crippen molar-refractivity contribution in [3.63, 3.8) is 0 Å². The number of nitrogens with zero attached hydrogens (tertiary/aromatic N) is 1. The highest BCUT2D eigenvalue weighted by Crippen LogP contribution is 2.29. The second-order valence-electron chi connectivity index (χ2n) is 5.99. The molecule has 1 aromatic carbocycles. The summed E-state index contributed by atoms with van der Waals surface area (Å²) in [5, 5.41) is -0.501. The molecule has 0 saturated heterocycles. The van der Waals surface area contributed by atoms with Crippen molar-refractivity contribution in [2.24, 2.45) is 0 Å². The molecule has 164 valence electrons. The largest absolute Gasteiger partial charge is 0.465 e. The van der Waals surface area contributed by atoms with Crippen molar-refractivity contribution in [2.75, 3.05) is 20.2 Å². The van der Waals surface area contributed by atoms with E-state index in [0.717, 1.165) is 36.2 Å². The summed E-state index contributed by atoms with van der Waals surface area (Å²) in [7, 11) is -2.77. The number of furan rings is 1. The smallest absolute Gasteiger partial charge is 0.416 e. The Labute approximate surface area is 170 Å². The van der Waals surface area contributed by atoms with Gasteiger partial charge < -0.3 is 14.1 Å². The van der Waals surface area contributed by atoms with Crippen molar-refractivity contribution in [2.45, 2.75) is 24.7 Å². The van der Waals surface area contributed by atoms with Gasteiger partial charge in [-0.05, 0) is 43.8 Å². The van der Waals surface area contributed by atoms with E-state index in [0.29, 0.717) is 5.56 Å². The molecule has 0 unspecified atom stereocenters. The van der Waals surface area contributed by atoms with Crippen LogP contribution in [0.3, 0.4) is 0 Å². The molecule has 30 heavy (non-hydrogen) atoms. The number of nitrogens with one attached hydrogen (secondary N) is 1. The zero-order valence-electron chi connectivity index (χ0n) is 16.0. The van der Waals surface area contributed by atoms with E-state index in [1.54, 1.807) is 6.92 Å². The highest BCUT2D eigenvalue weighted by Gasteiger charge is 2.30. The molecule has 0 bridgehead atoms. The van der Waals surface area contributed by atoms with E-state index in [9.17, 15) is 31.2 Å². The van der Waals surface area contributed by atoms with Crippen LogP contribution in [0.2, 0.25) is 0 Å². The molecule has 0 aliphatic heterocycles. The standard InChI is InChI=1S/C18H19F3N2O6S/c1-3-28-15(24)11-23(10-12-4-6-13(7-5-12)18(19,20)21)17(25)14-8-9-16(29-14)30(26,27)22-2/h4-9,22H,3,10-11H2,1-2H3. The third-order valence-electron chi connectivity index (χ3n) is 3.89. The summed E-state index contributed by atoms with van der Waals surface area (Å²) < 4.78 is 73.7. The number of ether oxygens (including phenoxy) is 1. The van der Waals surface area contributed by atoms with E-state index >= 15 is 0 Å². The number of hydrogen-bond acceptors (Lipinski definition) is 6. The molecular weight excluding hydrogens is 429 g/mol. The van der Waals surface area contributed by atoms with Gasteiger partial charge in [0.2, 0.25) is 5.09 Å². The number of rotatable bonds is 8. The van der Waals surface area contributed by atoms with Crippen molar-refractivity contribution < 1.29 is 40.3 Å². The Morgan fingerprint density at radius 2 is 1.77 bits per heavy atom. The number of carbonyl (C=O) groups excluding carboxylic acids is 2. The monoisotopic (exact) mass is 448 g/mol. The first-order chi connectivity index (χ1) is 14.0. The van der Waals surface area contributed by atoms with Gasteiger partial charge in [0.05, 0.1) is 12.2 Å². The van der Waals surface area contributed by atoms with Crippen LogP contribution in [0.1, 0.15) is 28.6 Å². The van der Waals surface area contributed by atoms with E-state index in [1.165, 1.54) is 12.1 Å². The predicted molar refractivity (Wildman–Crippen MR) is 97.8 cm³/mol. The SMILES string of the molecule is CCOC(=O)CN(Cc1ccc(C(F)(F)F)cc1)C(=O)c1ccc(S(=O)(=O)NC)o1. The predicted octanol–water partition coefficient (Wildman–Crippen LogP) is 2.41. The van der Waals surface area contributed by atoms with E-state index in [4.69, 9.17) is 9.15 Å². The van der Waals surface area contributed by atoms with Gasteiger partial charge in [0.15, 0.2) is 5.76 Å². The maximum Gasteiger partial charge on any atom is 0.416 e. The summed E-state index contributed by atoms with van der Waals surface area (Å²) in [6.45, 7) is 0.890. The third kappa shape index (κ3) is 5.83. The summed E-state index contributed by atoms with van der Waals surface area (Å²) in [5.41, 5.74) is -0.544. The second kappa shape index (κ2) is 9.30. The molecule has 1 amide bonds. The van der Waals surface area contributed by atoms with E-state index in [2.05, 4.69) is 0 Å². The maximum atomic E-state index is 12.8. The molecule has 0 spiro atoms. The molecule has 1 aromatic heterocycles. The number of hydrogen-bond donors (Lipinski definition) is 1. The lowest BCUT2D eigenvalue weighted by atomic mass is 10.1. The molecular formula is C18H19F3N2O6S. The zero-order chi connectivity index (χ0) is 22.5. The van der Waals surface area contributed by atoms with Crippen LogP contribution in [-0.4, -0.2) is 45.4 Å². The number of amides is 1. The van der Waals surface area contributed by atoms with Crippen LogP contribution < -0.4 is 4.72 Å². The highest BCUT2D eigenvalue weighted by atomic mass is 32.2. The van der Waals surface area contributed by atoms with Crippen LogP contribution >= 0.6 is 0 Å². The van der Waals surface area contributed by atoms with Crippen molar-refractivity contribution in [3.05, 3.63) is 53.3 Å². The van der Waals surface area contributed by atoms with Crippen molar-refractivity contribution in [1.82, 2.24) is 9.62 Å². The maximum absolute atomic E-state index is 12.8. The summed E-state index contributed by atoms with van der Waals surface area (Å²) >= 11 is 0. The van der Waals surface area contributed by atoms with E-state index < -0.39 is 45.3 Å². The van der Waals surface area contributed by atoms with Gasteiger partial charge in [0.25, 0.3) is 15.9 Å². The van der Waals surface area contributed by atoms with Gasteiger partial charge in [0, 0.05) is 6.54 Å². The molecule has 0 atom stereocenters. The van der Waals surface area contributed by atoms with Gasteiger partial charge in [-0.1, -0.05) is 12.1 Å². The number of alkyl halides is 3. The minimum absolute atomic E-state index is 0.0620. The average molecular weight is 448 g/mol. The van der Waals surface area contributed by atoms with Gasteiger partial charge in [-0.3, -0.25) is 9.59 Å². The number of esters is 1. The normalized spacial score (nSPS) is 11.9. The van der Waals surface area contributed by atoms with Crippen molar-refractivity contribution in [3.8, 4) is 0 Å². The topological polar surface area (TPSA) is 106 Å². The first kappa shape index (κ1) is 23.4. The van der Waals surface area contributed by atoms with Crippen LogP contribution in [0.5, 0.6) is 0 Å². The Balaban J connectivity index is 2.28. The molecule has 2 aromatic rings. The fourth-order valence-corrected chi connectivity index (χ4v) is 3.07. The van der Waals surface area contributed by atoms with Gasteiger partial charge >= 0.3 is 12.1 Å². The summed E-state index contributed by atoms with van der Waals surface area (Å²) in [6.07, 6.45) is -4.51. The Morgan fingerprint density at radius 3 is 2.30 bits per heavy atom. The first-order valence-corrected chi connectivity index (χ1v) is 10.1. The second-order valence-corrected chi connectivity index (χ2v) is 7.80. The summed E-state index contributed by atoms with van der Waals surface area (Å²) in [4.78, 5) is 25.6. The van der Waals surface area contributed by atoms with Gasteiger partial charge in [-0.15, -0.1) is 0 Å². The van der Waals surface area contributed by atoms with Crippen molar-refractivity contribution >= 4 is 21.9 Å². The molecule has 0 aliphatic rings. The number of halogens is 3. The third-order valence-corrected chi connectivity index (χ3v) is 5.18. The molecule has 2 rings (SSSR count). The first-order valence-electron chi connectivity index (χ1n) is 8.62. The lowest BCUT2D eigenvalue weighted by molar-refractivity contribution is -0.144. The van der Waals surface area contributed by atoms with Crippen LogP contribution in [0, 0.1) is 0 Å². The zero-order valence-corrected chi connectivity index (χ0v) is 16.8. The summed E-state index contributed by atoms with van der Waals surface area (Å²) in [6, 6.07) is 6.25. The number of sulfonamides is 1. The quantitative estimate of drug-likeness (QED) is 0.622. The van der Waals surface area contributed by atoms with Crippen molar-refractivity contribution in [1.29, 1.82) is 0 Å². The Bertz CT molecular complexity index is 1000. The minimum atomic E-state index is -4.51. The minimum Gasteiger partial charge on any atom is -0.465 e. The molecule has 1 heterocycles. The van der Waals surface area contributed by atoms with Crippen LogP contribution in [0.25, 0.3) is 0 Å². The van der Waals surface area contributed by atoms with Gasteiger partial charge in [-0.2, -0.15) is 13.2 Å². The number of carbonyl (C=O) groups is 2. The van der Waals surface area contributed by atoms with Crippen LogP contribution in [0.4, 0.5) is 13.2 Å². The molecule has 12 heteroatoms. The molecule has 0 fully saturated rings. The number of benzene rings is 1. The summed E-state index contributed by atoms with van der Waals surface area (Å²) in [5.74, 6) is -1.94. The fourth-order valence-electron chi connectivity index (χ4n) is 2.42. The van der Waals surface area contributed by atoms with Gasteiger partial charge in [0.1, 0.15) is 6.54 Å². The fraction of sp³-hybridized carbons (Fsp3) is 0.333. The Morgan fingerprint density at radius 1 is 1.13 bits per heavy atom. The molecule has 0 radical (unpaired) electrons. The Hall–Kier alpha value is -2.86. The average Bonchev–Trinajstić information content (AvgIpc) is 3.18.